The number of aryl methyl sites for hydroxylation is 1. The van der Waals surface area contributed by atoms with Gasteiger partial charge in [-0.15, -0.1) is 0 Å². The maximum atomic E-state index is 11.7. The largest absolute Gasteiger partial charge is 0.459 e. The second kappa shape index (κ2) is 7.52. The Kier molecular flexibility index (Phi) is 6.00. The summed E-state index contributed by atoms with van der Waals surface area (Å²) in [7, 11) is 0. The highest BCUT2D eigenvalue weighted by Crippen LogP contribution is 2.08. The lowest BCUT2D eigenvalue weighted by molar-refractivity contribution is -0.143. The van der Waals surface area contributed by atoms with Crippen molar-refractivity contribution < 1.29 is 14.3 Å². The van der Waals surface area contributed by atoms with E-state index in [4.69, 9.17) is 4.74 Å². The minimum absolute atomic E-state index is 0.143. The molecule has 0 aliphatic heterocycles. The Balaban J connectivity index is 2.64. The van der Waals surface area contributed by atoms with Gasteiger partial charge < -0.3 is 4.74 Å². The van der Waals surface area contributed by atoms with E-state index in [0.29, 0.717) is 6.42 Å². The van der Waals surface area contributed by atoms with Crippen LogP contribution in [-0.2, 0) is 20.7 Å². The zero-order valence-corrected chi connectivity index (χ0v) is 11.7. The minimum atomic E-state index is -0.532. The van der Waals surface area contributed by atoms with Crippen LogP contribution < -0.4 is 0 Å². The van der Waals surface area contributed by atoms with Gasteiger partial charge in [0, 0.05) is 0 Å². The number of ether oxygens (including phenoxy) is 1. The van der Waals surface area contributed by atoms with E-state index in [1.165, 1.54) is 12.5 Å². The molecule has 0 aliphatic carbocycles. The number of benzene rings is 1. The molecule has 0 saturated carbocycles. The van der Waals surface area contributed by atoms with Gasteiger partial charge in [0.1, 0.15) is 0 Å². The summed E-state index contributed by atoms with van der Waals surface area (Å²) < 4.78 is 5.05. The third-order valence-corrected chi connectivity index (χ3v) is 2.57. The molecule has 1 aromatic rings. The smallest absolute Gasteiger partial charge is 0.341 e. The van der Waals surface area contributed by atoms with E-state index in [1.54, 1.807) is 19.9 Å². The predicted molar refractivity (Wildman–Crippen MR) is 74.8 cm³/mol. The molecule has 102 valence electrons. The van der Waals surface area contributed by atoms with Crippen molar-refractivity contribution >= 4 is 11.8 Å². The third-order valence-electron chi connectivity index (χ3n) is 2.57. The highest BCUT2D eigenvalue weighted by molar-refractivity contribution is 6.16. The van der Waals surface area contributed by atoms with Gasteiger partial charge in [0.2, 0.25) is 0 Å². The van der Waals surface area contributed by atoms with E-state index in [-0.39, 0.29) is 17.5 Å². The molecule has 0 unspecified atom stereocenters. The fourth-order valence-corrected chi connectivity index (χ4v) is 1.68. The molecule has 19 heavy (non-hydrogen) atoms. The normalized spacial score (nSPS) is 11.5. The lowest BCUT2D eigenvalue weighted by Gasteiger charge is -2.09. The summed E-state index contributed by atoms with van der Waals surface area (Å²) in [6, 6.07) is 9.94. The molecular weight excluding hydrogens is 240 g/mol. The molecule has 0 amide bonds. The first kappa shape index (κ1) is 15.2. The van der Waals surface area contributed by atoms with Crippen LogP contribution in [0, 0.1) is 0 Å². The van der Waals surface area contributed by atoms with Crippen molar-refractivity contribution in [3.63, 3.8) is 0 Å². The van der Waals surface area contributed by atoms with Gasteiger partial charge >= 0.3 is 5.97 Å². The van der Waals surface area contributed by atoms with Crippen molar-refractivity contribution in [3.8, 4) is 0 Å². The quantitative estimate of drug-likeness (QED) is 0.342. The fourth-order valence-electron chi connectivity index (χ4n) is 1.68. The van der Waals surface area contributed by atoms with E-state index in [9.17, 15) is 9.59 Å². The van der Waals surface area contributed by atoms with Crippen LogP contribution in [0.2, 0.25) is 0 Å². The van der Waals surface area contributed by atoms with Crippen molar-refractivity contribution in [2.75, 3.05) is 0 Å². The summed E-state index contributed by atoms with van der Waals surface area (Å²) in [6.45, 7) is 4.91. The highest BCUT2D eigenvalue weighted by Gasteiger charge is 2.16. The summed E-state index contributed by atoms with van der Waals surface area (Å²) in [5.74, 6) is -0.783. The molecule has 0 atom stereocenters. The Bertz CT molecular complexity index is 458. The molecule has 0 bridgehead atoms. The summed E-state index contributed by atoms with van der Waals surface area (Å²) in [5.41, 5.74) is 1.32. The Morgan fingerprint density at radius 1 is 1.21 bits per heavy atom. The minimum Gasteiger partial charge on any atom is -0.459 e. The third kappa shape index (κ3) is 5.51. The number of ketones is 1. The number of hydrogen-bond acceptors (Lipinski definition) is 3. The summed E-state index contributed by atoms with van der Waals surface area (Å²) >= 11 is 0. The van der Waals surface area contributed by atoms with Crippen molar-refractivity contribution in [1.29, 1.82) is 0 Å². The van der Waals surface area contributed by atoms with E-state index < -0.39 is 5.97 Å². The van der Waals surface area contributed by atoms with Crippen LogP contribution in [0.3, 0.4) is 0 Å². The Morgan fingerprint density at radius 2 is 1.84 bits per heavy atom. The van der Waals surface area contributed by atoms with Crippen molar-refractivity contribution in [1.82, 2.24) is 0 Å². The standard InChI is InChI=1S/C16H20O3/c1-12(2)19-16(18)15(13(3)17)11-7-10-14-8-5-4-6-9-14/h4-6,8-9,11-12H,7,10H2,1-3H3/b15-11+. The average Bonchev–Trinajstić information content (AvgIpc) is 2.34. The van der Waals surface area contributed by atoms with Crippen LogP contribution in [-0.4, -0.2) is 17.9 Å². The molecule has 0 N–H and O–H groups in total. The monoisotopic (exact) mass is 260 g/mol. The summed E-state index contributed by atoms with van der Waals surface area (Å²) in [5, 5.41) is 0. The molecule has 0 fully saturated rings. The SMILES string of the molecule is CC(=O)/C(=C\CCc1ccccc1)C(=O)OC(C)C. The first-order chi connectivity index (χ1) is 9.00. The topological polar surface area (TPSA) is 43.4 Å². The van der Waals surface area contributed by atoms with Gasteiger partial charge in [-0.25, -0.2) is 4.79 Å². The van der Waals surface area contributed by atoms with Gasteiger partial charge in [-0.3, -0.25) is 4.79 Å². The van der Waals surface area contributed by atoms with Gasteiger partial charge in [0.05, 0.1) is 11.7 Å². The number of hydrogen-bond donors (Lipinski definition) is 0. The molecule has 0 heterocycles. The van der Waals surface area contributed by atoms with Gasteiger partial charge in [0.25, 0.3) is 0 Å². The number of carbonyl (C=O) groups excluding carboxylic acids is 2. The molecule has 0 aromatic heterocycles. The molecule has 3 heteroatoms. The second-order valence-electron chi connectivity index (χ2n) is 4.65. The summed E-state index contributed by atoms with van der Waals surface area (Å²) in [6.07, 6.45) is 2.89. The van der Waals surface area contributed by atoms with E-state index in [0.717, 1.165) is 6.42 Å². The van der Waals surface area contributed by atoms with Crippen molar-refractivity contribution in [3.05, 3.63) is 47.5 Å². The Labute approximate surface area is 114 Å². The highest BCUT2D eigenvalue weighted by atomic mass is 16.5. The van der Waals surface area contributed by atoms with E-state index >= 15 is 0 Å². The first-order valence-electron chi connectivity index (χ1n) is 6.46. The number of allylic oxidation sites excluding steroid dienone is 1. The van der Waals surface area contributed by atoms with Gasteiger partial charge in [-0.1, -0.05) is 36.4 Å². The lowest BCUT2D eigenvalue weighted by atomic mass is 10.1. The number of rotatable bonds is 6. The molecule has 0 aliphatic rings. The van der Waals surface area contributed by atoms with Gasteiger partial charge in [0.15, 0.2) is 5.78 Å². The average molecular weight is 260 g/mol. The molecule has 0 spiro atoms. The zero-order chi connectivity index (χ0) is 14.3. The van der Waals surface area contributed by atoms with Crippen LogP contribution in [0.15, 0.2) is 42.0 Å². The molecular formula is C16H20O3. The molecule has 3 nitrogen and oxygen atoms in total. The molecule has 0 radical (unpaired) electrons. The van der Waals surface area contributed by atoms with E-state index in [2.05, 4.69) is 0 Å². The van der Waals surface area contributed by atoms with Crippen LogP contribution >= 0.6 is 0 Å². The van der Waals surface area contributed by atoms with Crippen LogP contribution in [0.4, 0.5) is 0 Å². The maximum absolute atomic E-state index is 11.7. The molecule has 0 saturated heterocycles. The van der Waals surface area contributed by atoms with Crippen LogP contribution in [0.1, 0.15) is 32.8 Å². The van der Waals surface area contributed by atoms with Crippen molar-refractivity contribution in [2.24, 2.45) is 0 Å². The Hall–Kier alpha value is -1.90. The number of esters is 1. The number of Topliss-reactive ketones (excluding diaryl/α,β-unsaturated/α-hetero) is 1. The predicted octanol–water partition coefficient (Wildman–Crippen LogP) is 3.09. The Morgan fingerprint density at radius 3 is 2.37 bits per heavy atom. The molecule has 1 rings (SSSR count). The zero-order valence-electron chi connectivity index (χ0n) is 11.7. The van der Waals surface area contributed by atoms with Gasteiger partial charge in [-0.2, -0.15) is 0 Å². The first-order valence-corrected chi connectivity index (χ1v) is 6.46. The summed E-state index contributed by atoms with van der Waals surface area (Å²) in [4.78, 5) is 23.2. The van der Waals surface area contributed by atoms with E-state index in [1.807, 2.05) is 30.3 Å². The van der Waals surface area contributed by atoms with Crippen LogP contribution in [0.5, 0.6) is 0 Å². The fraction of sp³-hybridized carbons (Fsp3) is 0.375. The maximum Gasteiger partial charge on any atom is 0.341 e. The number of carbonyl (C=O) groups is 2. The van der Waals surface area contributed by atoms with Crippen molar-refractivity contribution in [2.45, 2.75) is 39.7 Å². The molecule has 1 aromatic carbocycles. The second-order valence-corrected chi connectivity index (χ2v) is 4.65. The van der Waals surface area contributed by atoms with Crippen LogP contribution in [0.25, 0.3) is 0 Å². The van der Waals surface area contributed by atoms with Gasteiger partial charge in [-0.05, 0) is 39.2 Å². The lowest BCUT2D eigenvalue weighted by Crippen LogP contribution is -2.17.